The van der Waals surface area contributed by atoms with Crippen molar-refractivity contribution in [1.29, 1.82) is 5.41 Å². The number of nitrogens with zero attached hydrogens (tertiary/aromatic N) is 1. The van der Waals surface area contributed by atoms with Crippen LogP contribution in [0.4, 0.5) is 10.1 Å². The topological polar surface area (TPSA) is 53.1 Å². The molecule has 3 N–H and O–H groups in total. The first-order valence-corrected chi connectivity index (χ1v) is 6.54. The van der Waals surface area contributed by atoms with Crippen LogP contribution in [-0.4, -0.2) is 18.4 Å². The molecule has 1 heterocycles. The summed E-state index contributed by atoms with van der Waals surface area (Å²) in [6.07, 6.45) is 4.50. The first-order valence-electron chi connectivity index (χ1n) is 6.54. The molecule has 2 rings (SSSR count). The molecule has 0 spiro atoms. The van der Waals surface area contributed by atoms with E-state index >= 15 is 0 Å². The Bertz CT molecular complexity index is 445. The average Bonchev–Trinajstić information content (AvgIpc) is 2.38. The summed E-state index contributed by atoms with van der Waals surface area (Å²) in [5.74, 6) is -0.366. The molecule has 0 aliphatic carbocycles. The zero-order valence-corrected chi connectivity index (χ0v) is 10.7. The lowest BCUT2D eigenvalue weighted by molar-refractivity contribution is 0.443. The third-order valence-electron chi connectivity index (χ3n) is 3.67. The van der Waals surface area contributed by atoms with Crippen LogP contribution in [0, 0.1) is 11.2 Å². The second-order valence-electron chi connectivity index (χ2n) is 4.83. The molecule has 98 valence electrons. The summed E-state index contributed by atoms with van der Waals surface area (Å²) in [6, 6.07) is 5.26. The summed E-state index contributed by atoms with van der Waals surface area (Å²) in [7, 11) is 0. The van der Waals surface area contributed by atoms with Crippen LogP contribution >= 0.6 is 0 Å². The van der Waals surface area contributed by atoms with Crippen LogP contribution in [0.2, 0.25) is 0 Å². The Morgan fingerprint density at radius 3 is 2.89 bits per heavy atom. The Morgan fingerprint density at radius 1 is 1.50 bits per heavy atom. The lowest BCUT2D eigenvalue weighted by Crippen LogP contribution is -2.39. The number of amidine groups is 1. The van der Waals surface area contributed by atoms with Crippen LogP contribution in [-0.2, 0) is 0 Å². The predicted molar refractivity (Wildman–Crippen MR) is 72.7 cm³/mol. The fourth-order valence-electron chi connectivity index (χ4n) is 2.65. The second kappa shape index (κ2) is 5.38. The van der Waals surface area contributed by atoms with Crippen molar-refractivity contribution in [3.05, 3.63) is 29.6 Å². The van der Waals surface area contributed by atoms with E-state index in [1.807, 2.05) is 0 Å². The van der Waals surface area contributed by atoms with Gasteiger partial charge in [0.2, 0.25) is 0 Å². The van der Waals surface area contributed by atoms with Crippen molar-refractivity contribution in [3.8, 4) is 0 Å². The molecule has 0 radical (unpaired) electrons. The highest BCUT2D eigenvalue weighted by Gasteiger charge is 2.23. The number of piperidine rings is 1. The van der Waals surface area contributed by atoms with Gasteiger partial charge in [0.1, 0.15) is 11.7 Å². The molecule has 3 nitrogen and oxygen atoms in total. The van der Waals surface area contributed by atoms with Crippen LogP contribution in [0.25, 0.3) is 0 Å². The molecule has 1 aromatic rings. The molecule has 1 atom stereocenters. The molecule has 0 saturated carbocycles. The quantitative estimate of drug-likeness (QED) is 0.639. The minimum Gasteiger partial charge on any atom is -0.384 e. The van der Waals surface area contributed by atoms with Gasteiger partial charge in [-0.2, -0.15) is 0 Å². The molecule has 18 heavy (non-hydrogen) atoms. The van der Waals surface area contributed by atoms with Crippen molar-refractivity contribution in [3.63, 3.8) is 0 Å². The Labute approximate surface area is 107 Å². The van der Waals surface area contributed by atoms with Gasteiger partial charge >= 0.3 is 0 Å². The summed E-state index contributed by atoms with van der Waals surface area (Å²) in [6.45, 7) is 3.06. The van der Waals surface area contributed by atoms with E-state index < -0.39 is 0 Å². The van der Waals surface area contributed by atoms with E-state index in [1.165, 1.54) is 12.5 Å². The number of hydrogen-bond acceptors (Lipinski definition) is 2. The summed E-state index contributed by atoms with van der Waals surface area (Å²) in [5, 5.41) is 7.32. The normalized spacial score (nSPS) is 19.9. The number of hydrogen-bond donors (Lipinski definition) is 2. The van der Waals surface area contributed by atoms with Gasteiger partial charge in [-0.1, -0.05) is 6.92 Å². The predicted octanol–water partition coefficient (Wildman–Crippen LogP) is 2.88. The van der Waals surface area contributed by atoms with Crippen molar-refractivity contribution < 1.29 is 4.39 Å². The minimum absolute atomic E-state index is 0.0915. The molecule has 1 unspecified atom stereocenters. The molecule has 1 saturated heterocycles. The van der Waals surface area contributed by atoms with Crippen LogP contribution < -0.4 is 10.6 Å². The molecule has 1 aromatic carbocycles. The zero-order chi connectivity index (χ0) is 13.1. The molecule has 0 aromatic heterocycles. The maximum atomic E-state index is 14.1. The molecule has 0 bridgehead atoms. The second-order valence-corrected chi connectivity index (χ2v) is 4.83. The van der Waals surface area contributed by atoms with Crippen molar-refractivity contribution in [1.82, 2.24) is 0 Å². The van der Waals surface area contributed by atoms with Gasteiger partial charge in [-0.15, -0.1) is 0 Å². The molecule has 1 aliphatic heterocycles. The number of nitrogens with two attached hydrogens (primary N) is 1. The monoisotopic (exact) mass is 249 g/mol. The number of benzene rings is 1. The third kappa shape index (κ3) is 2.47. The lowest BCUT2D eigenvalue weighted by Gasteiger charge is -2.37. The summed E-state index contributed by atoms with van der Waals surface area (Å²) < 4.78 is 14.1. The van der Waals surface area contributed by atoms with Crippen LogP contribution in [0.15, 0.2) is 18.2 Å². The van der Waals surface area contributed by atoms with E-state index in [0.717, 1.165) is 25.8 Å². The highest BCUT2D eigenvalue weighted by molar-refractivity contribution is 5.95. The fourth-order valence-corrected chi connectivity index (χ4v) is 2.65. The first kappa shape index (κ1) is 12.9. The number of nitrogens with one attached hydrogen (secondary N) is 1. The van der Waals surface area contributed by atoms with Gasteiger partial charge < -0.3 is 10.6 Å². The minimum atomic E-state index is -0.275. The average molecular weight is 249 g/mol. The highest BCUT2D eigenvalue weighted by Crippen LogP contribution is 2.29. The van der Waals surface area contributed by atoms with Gasteiger partial charge in [-0.3, -0.25) is 5.41 Å². The molecule has 1 fully saturated rings. The van der Waals surface area contributed by atoms with Gasteiger partial charge in [-0.05, 0) is 43.9 Å². The largest absolute Gasteiger partial charge is 0.384 e. The van der Waals surface area contributed by atoms with Crippen molar-refractivity contribution in [2.75, 3.05) is 11.4 Å². The van der Waals surface area contributed by atoms with Gasteiger partial charge in [0.05, 0.1) is 5.69 Å². The molecular weight excluding hydrogens is 229 g/mol. The maximum Gasteiger partial charge on any atom is 0.147 e. The van der Waals surface area contributed by atoms with E-state index in [9.17, 15) is 4.39 Å². The Morgan fingerprint density at radius 2 is 2.28 bits per heavy atom. The van der Waals surface area contributed by atoms with Crippen LogP contribution in [0.3, 0.4) is 0 Å². The SMILES string of the molecule is CCC1CCCCN1c1ccc(C(=N)N)cc1F. The van der Waals surface area contributed by atoms with E-state index in [2.05, 4.69) is 11.8 Å². The zero-order valence-electron chi connectivity index (χ0n) is 10.7. The molecule has 0 amide bonds. The summed E-state index contributed by atoms with van der Waals surface area (Å²) >= 11 is 0. The van der Waals surface area contributed by atoms with E-state index in [4.69, 9.17) is 11.1 Å². The van der Waals surface area contributed by atoms with Crippen molar-refractivity contribution in [2.24, 2.45) is 5.73 Å². The number of anilines is 1. The van der Waals surface area contributed by atoms with Gasteiger partial charge in [0, 0.05) is 18.2 Å². The lowest BCUT2D eigenvalue weighted by atomic mass is 9.99. The van der Waals surface area contributed by atoms with E-state index in [1.54, 1.807) is 12.1 Å². The van der Waals surface area contributed by atoms with Crippen molar-refractivity contribution >= 4 is 11.5 Å². The Kier molecular flexibility index (Phi) is 3.84. The molecule has 1 aliphatic rings. The maximum absolute atomic E-state index is 14.1. The third-order valence-corrected chi connectivity index (χ3v) is 3.67. The Hall–Kier alpha value is -1.58. The fraction of sp³-hybridized carbons (Fsp3) is 0.500. The Balaban J connectivity index is 2.29. The molecule has 4 heteroatoms. The number of nitrogen functional groups attached to an aromatic ring is 1. The highest BCUT2D eigenvalue weighted by atomic mass is 19.1. The van der Waals surface area contributed by atoms with Crippen LogP contribution in [0.5, 0.6) is 0 Å². The van der Waals surface area contributed by atoms with E-state index in [0.29, 0.717) is 17.3 Å². The van der Waals surface area contributed by atoms with Crippen LogP contribution in [0.1, 0.15) is 38.2 Å². The first-order chi connectivity index (χ1) is 8.63. The molecular formula is C14H20FN3. The number of rotatable bonds is 3. The smallest absolute Gasteiger partial charge is 0.147 e. The van der Waals surface area contributed by atoms with Gasteiger partial charge in [0.25, 0.3) is 0 Å². The number of halogens is 1. The van der Waals surface area contributed by atoms with Crippen molar-refractivity contribution in [2.45, 2.75) is 38.6 Å². The van der Waals surface area contributed by atoms with Gasteiger partial charge in [0.15, 0.2) is 0 Å². The summed E-state index contributed by atoms with van der Waals surface area (Å²) in [4.78, 5) is 2.16. The standard InChI is InChI=1S/C14H20FN3/c1-2-11-5-3-4-8-18(11)13-7-6-10(14(16)17)9-12(13)15/h6-7,9,11H,2-5,8H2,1H3,(H3,16,17). The van der Waals surface area contributed by atoms with Gasteiger partial charge in [-0.25, -0.2) is 4.39 Å². The summed E-state index contributed by atoms with van der Waals surface area (Å²) in [5.41, 5.74) is 6.46. The van der Waals surface area contributed by atoms with E-state index in [-0.39, 0.29) is 11.7 Å².